The molecule has 0 radical (unpaired) electrons. The minimum atomic E-state index is -1.11. The number of alkyl carbamates (subject to hydrolysis) is 1. The van der Waals surface area contributed by atoms with E-state index in [1.807, 2.05) is 20.8 Å². The van der Waals surface area contributed by atoms with Crippen LogP contribution < -0.4 is 10.6 Å². The lowest BCUT2D eigenvalue weighted by molar-refractivity contribution is -0.142. The Labute approximate surface area is 210 Å². The van der Waals surface area contributed by atoms with E-state index < -0.39 is 35.6 Å². The molecule has 0 fully saturated rings. The molecule has 0 aliphatic heterocycles. The summed E-state index contributed by atoms with van der Waals surface area (Å²) in [6, 6.07) is 3.06. The number of carbonyl (C=O) groups excluding carboxylic acids is 3. The third kappa shape index (κ3) is 8.92. The number of hydrogen-bond donors (Lipinski definition) is 3. The molecule has 3 amide bonds. The van der Waals surface area contributed by atoms with Crippen LogP contribution in [-0.2, 0) is 14.3 Å². The van der Waals surface area contributed by atoms with Gasteiger partial charge in [0.25, 0.3) is 0 Å². The molecule has 1 aromatic rings. The molecule has 0 saturated heterocycles. The molecule has 8 nitrogen and oxygen atoms in total. The monoisotopic (exact) mass is 489 g/mol. The number of nitrogens with one attached hydrogen (secondary N) is 2. The van der Waals surface area contributed by atoms with E-state index in [0.717, 1.165) is 12.8 Å². The second-order valence-corrected chi connectivity index (χ2v) is 9.85. The highest BCUT2D eigenvalue weighted by Gasteiger charge is 2.38. The van der Waals surface area contributed by atoms with E-state index in [1.54, 1.807) is 45.9 Å². The number of rotatable bonds is 12. The van der Waals surface area contributed by atoms with Crippen LogP contribution in [0.1, 0.15) is 78.0 Å². The Morgan fingerprint density at radius 3 is 2.43 bits per heavy atom. The predicted octanol–water partition coefficient (Wildman–Crippen LogP) is 4.61. The van der Waals surface area contributed by atoms with E-state index in [9.17, 15) is 19.5 Å². The Hall–Kier alpha value is -3.03. The van der Waals surface area contributed by atoms with E-state index >= 15 is 0 Å². The van der Waals surface area contributed by atoms with Gasteiger partial charge in [0, 0.05) is 18.7 Å². The van der Waals surface area contributed by atoms with Crippen molar-refractivity contribution in [2.45, 2.75) is 85.4 Å². The molecule has 0 aromatic heterocycles. The standard InChI is InChI=1S/C27H43N3O5/c1-9-12-16-28-24(32)22(20-15-13-14-19(5)23(20)31)30(17-10-2)25(33)21(18(4)11-3)29-26(34)35-27(6,7)8/h10,13-15,18,21-22,31H,2,9,11-12,16-17H2,1,3-8H3,(H,28,32)(H,29,34). The lowest BCUT2D eigenvalue weighted by Gasteiger charge is -2.35. The van der Waals surface area contributed by atoms with Gasteiger partial charge < -0.3 is 25.4 Å². The first-order chi connectivity index (χ1) is 16.4. The topological polar surface area (TPSA) is 108 Å². The van der Waals surface area contributed by atoms with Crippen LogP contribution in [0.5, 0.6) is 5.75 Å². The molecule has 0 heterocycles. The number of amides is 3. The molecular formula is C27H43N3O5. The maximum Gasteiger partial charge on any atom is 0.408 e. The fourth-order valence-corrected chi connectivity index (χ4v) is 3.60. The molecular weight excluding hydrogens is 446 g/mol. The summed E-state index contributed by atoms with van der Waals surface area (Å²) in [4.78, 5) is 41.3. The van der Waals surface area contributed by atoms with Gasteiger partial charge in [0.15, 0.2) is 0 Å². The molecule has 1 aromatic carbocycles. The second-order valence-electron chi connectivity index (χ2n) is 9.85. The number of hydrogen-bond acceptors (Lipinski definition) is 5. The molecule has 8 heteroatoms. The van der Waals surface area contributed by atoms with Crippen molar-refractivity contribution in [3.8, 4) is 5.75 Å². The fourth-order valence-electron chi connectivity index (χ4n) is 3.60. The van der Waals surface area contributed by atoms with Gasteiger partial charge in [0.2, 0.25) is 11.8 Å². The summed E-state index contributed by atoms with van der Waals surface area (Å²) in [5, 5.41) is 16.4. The zero-order valence-electron chi connectivity index (χ0n) is 22.3. The first kappa shape index (κ1) is 30.0. The second kappa shape index (κ2) is 13.8. The molecule has 0 spiro atoms. The quantitative estimate of drug-likeness (QED) is 0.293. The highest BCUT2D eigenvalue weighted by Crippen LogP contribution is 2.32. The zero-order valence-corrected chi connectivity index (χ0v) is 22.3. The number of carbonyl (C=O) groups is 3. The number of phenolic OH excluding ortho intramolecular Hbond substituents is 1. The Balaban J connectivity index is 3.50. The van der Waals surface area contributed by atoms with Gasteiger partial charge in [0.1, 0.15) is 23.4 Å². The molecule has 0 aliphatic rings. The predicted molar refractivity (Wildman–Crippen MR) is 138 cm³/mol. The average Bonchev–Trinajstić information content (AvgIpc) is 2.77. The van der Waals surface area contributed by atoms with E-state index in [1.165, 1.54) is 11.0 Å². The summed E-state index contributed by atoms with van der Waals surface area (Å²) in [5.74, 6) is -1.15. The summed E-state index contributed by atoms with van der Waals surface area (Å²) in [6.45, 7) is 17.0. The molecule has 1 rings (SSSR count). The van der Waals surface area contributed by atoms with Gasteiger partial charge in [-0.05, 0) is 45.6 Å². The van der Waals surface area contributed by atoms with E-state index in [4.69, 9.17) is 4.74 Å². The lowest BCUT2D eigenvalue weighted by Crippen LogP contribution is -2.55. The van der Waals surface area contributed by atoms with Gasteiger partial charge in [-0.3, -0.25) is 9.59 Å². The van der Waals surface area contributed by atoms with E-state index in [0.29, 0.717) is 24.1 Å². The van der Waals surface area contributed by atoms with Crippen molar-refractivity contribution in [1.82, 2.24) is 15.5 Å². The maximum atomic E-state index is 13.9. The number of benzene rings is 1. The van der Waals surface area contributed by atoms with Crippen LogP contribution in [0, 0.1) is 12.8 Å². The molecule has 0 aliphatic carbocycles. The van der Waals surface area contributed by atoms with Gasteiger partial charge in [-0.1, -0.05) is 57.9 Å². The number of phenols is 1. The van der Waals surface area contributed by atoms with Crippen LogP contribution in [-0.4, -0.2) is 52.6 Å². The Morgan fingerprint density at radius 1 is 1.23 bits per heavy atom. The van der Waals surface area contributed by atoms with Crippen molar-refractivity contribution in [3.05, 3.63) is 42.0 Å². The summed E-state index contributed by atoms with van der Waals surface area (Å²) >= 11 is 0. The Kier molecular flexibility index (Phi) is 11.8. The van der Waals surface area contributed by atoms with Crippen LogP contribution in [0.4, 0.5) is 4.79 Å². The normalized spacial score (nSPS) is 13.8. The lowest BCUT2D eigenvalue weighted by atomic mass is 9.95. The van der Waals surface area contributed by atoms with Gasteiger partial charge >= 0.3 is 6.09 Å². The van der Waals surface area contributed by atoms with Crippen molar-refractivity contribution < 1.29 is 24.2 Å². The van der Waals surface area contributed by atoms with Crippen LogP contribution in [0.15, 0.2) is 30.9 Å². The molecule has 196 valence electrons. The van der Waals surface area contributed by atoms with E-state index in [2.05, 4.69) is 17.2 Å². The maximum absolute atomic E-state index is 13.9. The number of unbranched alkanes of at least 4 members (excludes halogenated alkanes) is 1. The van der Waals surface area contributed by atoms with Crippen molar-refractivity contribution in [1.29, 1.82) is 0 Å². The third-order valence-corrected chi connectivity index (χ3v) is 5.71. The molecule has 0 bridgehead atoms. The number of nitrogens with zero attached hydrogens (tertiary/aromatic N) is 1. The fraction of sp³-hybridized carbons (Fsp3) is 0.593. The number of para-hydroxylation sites is 1. The van der Waals surface area contributed by atoms with Gasteiger partial charge in [-0.2, -0.15) is 0 Å². The Morgan fingerprint density at radius 2 is 1.89 bits per heavy atom. The van der Waals surface area contributed by atoms with Crippen molar-refractivity contribution in [3.63, 3.8) is 0 Å². The number of aryl methyl sites for hydroxylation is 1. The van der Waals surface area contributed by atoms with Gasteiger partial charge in [-0.25, -0.2) is 4.79 Å². The number of ether oxygens (including phenoxy) is 1. The smallest absolute Gasteiger partial charge is 0.408 e. The highest BCUT2D eigenvalue weighted by molar-refractivity contribution is 5.92. The molecule has 35 heavy (non-hydrogen) atoms. The van der Waals surface area contributed by atoms with Crippen LogP contribution in [0.3, 0.4) is 0 Å². The first-order valence-electron chi connectivity index (χ1n) is 12.3. The summed E-state index contributed by atoms with van der Waals surface area (Å²) in [5.41, 5.74) is 0.169. The van der Waals surface area contributed by atoms with Crippen LogP contribution >= 0.6 is 0 Å². The third-order valence-electron chi connectivity index (χ3n) is 5.71. The van der Waals surface area contributed by atoms with Crippen molar-refractivity contribution >= 4 is 17.9 Å². The van der Waals surface area contributed by atoms with Gasteiger partial charge in [0.05, 0.1) is 0 Å². The minimum Gasteiger partial charge on any atom is -0.507 e. The van der Waals surface area contributed by atoms with E-state index in [-0.39, 0.29) is 18.2 Å². The molecule has 3 atom stereocenters. The summed E-state index contributed by atoms with van der Waals surface area (Å²) in [6.07, 6.45) is 3.10. The van der Waals surface area contributed by atoms with Crippen molar-refractivity contribution in [2.75, 3.05) is 13.1 Å². The molecule has 3 unspecified atom stereocenters. The molecule has 3 N–H and O–H groups in total. The van der Waals surface area contributed by atoms with Crippen LogP contribution in [0.25, 0.3) is 0 Å². The average molecular weight is 490 g/mol. The Bertz CT molecular complexity index is 878. The van der Waals surface area contributed by atoms with Gasteiger partial charge in [-0.15, -0.1) is 6.58 Å². The summed E-state index contributed by atoms with van der Waals surface area (Å²) < 4.78 is 5.39. The minimum absolute atomic E-state index is 0.0427. The SMILES string of the molecule is C=CCN(C(=O)C(NC(=O)OC(C)(C)C)C(C)CC)C(C(=O)NCCCC)c1cccc(C)c1O. The summed E-state index contributed by atoms with van der Waals surface area (Å²) in [7, 11) is 0. The largest absolute Gasteiger partial charge is 0.507 e. The van der Waals surface area contributed by atoms with Crippen LogP contribution in [0.2, 0.25) is 0 Å². The first-order valence-corrected chi connectivity index (χ1v) is 12.3. The number of aromatic hydroxyl groups is 1. The van der Waals surface area contributed by atoms with Crippen molar-refractivity contribution in [2.24, 2.45) is 5.92 Å². The zero-order chi connectivity index (χ0) is 26.8. The highest BCUT2D eigenvalue weighted by atomic mass is 16.6. The molecule has 0 saturated carbocycles.